The molecule has 5 heteroatoms. The summed E-state index contributed by atoms with van der Waals surface area (Å²) in [5, 5.41) is 0. The average Bonchev–Trinajstić information content (AvgIpc) is 2.28. The van der Waals surface area contributed by atoms with Crippen molar-refractivity contribution in [3.8, 4) is 0 Å². The molecule has 0 amide bonds. The predicted molar refractivity (Wildman–Crippen MR) is 66.7 cm³/mol. The van der Waals surface area contributed by atoms with Gasteiger partial charge < -0.3 is 4.74 Å². The molecule has 1 aliphatic carbocycles. The van der Waals surface area contributed by atoms with E-state index in [1.54, 1.807) is 13.0 Å². The van der Waals surface area contributed by atoms with Crippen LogP contribution in [0.1, 0.15) is 25.3 Å². The van der Waals surface area contributed by atoms with Gasteiger partial charge in [0.1, 0.15) is 17.0 Å². The molecule has 0 atom stereocenters. The fourth-order valence-electron chi connectivity index (χ4n) is 2.15. The van der Waals surface area contributed by atoms with Crippen LogP contribution in [0.25, 0.3) is 0 Å². The molecule has 3 nitrogen and oxygen atoms in total. The monoisotopic (exact) mass is 314 g/mol. The van der Waals surface area contributed by atoms with Crippen LogP contribution in [0.3, 0.4) is 0 Å². The van der Waals surface area contributed by atoms with Gasteiger partial charge in [0, 0.05) is 12.8 Å². The molecule has 1 saturated carbocycles. The lowest BCUT2D eigenvalue weighted by Crippen LogP contribution is -2.49. The van der Waals surface area contributed by atoms with Gasteiger partial charge in [-0.2, -0.15) is 0 Å². The number of Topliss-reactive ketones (excluding diaryl/α,β-unsaturated/α-hetero) is 1. The van der Waals surface area contributed by atoms with E-state index in [9.17, 15) is 14.0 Å². The minimum absolute atomic E-state index is 0.0171. The van der Waals surface area contributed by atoms with Crippen LogP contribution in [-0.4, -0.2) is 18.4 Å². The second-order valence-corrected chi connectivity index (χ2v) is 5.18. The molecule has 96 valence electrons. The first kappa shape index (κ1) is 13.2. The van der Waals surface area contributed by atoms with E-state index in [1.165, 1.54) is 12.1 Å². The van der Waals surface area contributed by atoms with Crippen molar-refractivity contribution in [3.63, 3.8) is 0 Å². The Hall–Kier alpha value is -1.23. The minimum atomic E-state index is -0.927. The van der Waals surface area contributed by atoms with Gasteiger partial charge in [-0.1, -0.05) is 6.07 Å². The summed E-state index contributed by atoms with van der Waals surface area (Å²) in [4.78, 5) is 23.3. The summed E-state index contributed by atoms with van der Waals surface area (Å²) in [5.74, 6) is -0.796. The number of carbonyl (C=O) groups is 2. The van der Waals surface area contributed by atoms with E-state index in [-0.39, 0.29) is 29.7 Å². The summed E-state index contributed by atoms with van der Waals surface area (Å²) in [7, 11) is 0. The molecule has 0 aliphatic heterocycles. The minimum Gasteiger partial charge on any atom is -0.465 e. The lowest BCUT2D eigenvalue weighted by molar-refractivity contribution is -0.158. The van der Waals surface area contributed by atoms with E-state index in [2.05, 4.69) is 15.9 Å². The molecule has 0 N–H and O–H groups in total. The molecular weight excluding hydrogens is 303 g/mol. The van der Waals surface area contributed by atoms with Crippen LogP contribution in [0.5, 0.6) is 0 Å². The summed E-state index contributed by atoms with van der Waals surface area (Å²) < 4.78 is 18.5. The summed E-state index contributed by atoms with van der Waals surface area (Å²) in [6, 6.07) is 4.35. The first-order chi connectivity index (χ1) is 8.49. The van der Waals surface area contributed by atoms with Crippen LogP contribution in [0.15, 0.2) is 22.7 Å². The van der Waals surface area contributed by atoms with Gasteiger partial charge >= 0.3 is 5.97 Å². The topological polar surface area (TPSA) is 43.4 Å². The van der Waals surface area contributed by atoms with Crippen molar-refractivity contribution in [2.24, 2.45) is 0 Å². The zero-order valence-electron chi connectivity index (χ0n) is 9.83. The van der Waals surface area contributed by atoms with Crippen molar-refractivity contribution in [2.75, 3.05) is 6.61 Å². The molecule has 0 radical (unpaired) electrons. The third-order valence-corrected chi connectivity index (χ3v) is 3.74. The molecule has 0 aromatic heterocycles. The normalized spacial score (nSPS) is 17.2. The Labute approximate surface area is 112 Å². The van der Waals surface area contributed by atoms with Gasteiger partial charge in [0.25, 0.3) is 0 Å². The van der Waals surface area contributed by atoms with Crippen LogP contribution < -0.4 is 0 Å². The molecule has 0 bridgehead atoms. The quantitative estimate of drug-likeness (QED) is 0.806. The SMILES string of the molecule is CCOC(=O)C1(c2ccc(F)c(Br)c2)CC(=O)C1. The van der Waals surface area contributed by atoms with Crippen molar-refractivity contribution in [1.29, 1.82) is 0 Å². The Bertz CT molecular complexity index is 505. The van der Waals surface area contributed by atoms with E-state index in [4.69, 9.17) is 4.74 Å². The van der Waals surface area contributed by atoms with Crippen molar-refractivity contribution in [2.45, 2.75) is 25.2 Å². The Morgan fingerprint density at radius 1 is 1.50 bits per heavy atom. The first-order valence-corrected chi connectivity index (χ1v) is 6.43. The van der Waals surface area contributed by atoms with E-state index >= 15 is 0 Å². The molecule has 0 saturated heterocycles. The molecule has 0 heterocycles. The first-order valence-electron chi connectivity index (χ1n) is 5.64. The third-order valence-electron chi connectivity index (χ3n) is 3.14. The highest BCUT2D eigenvalue weighted by Gasteiger charge is 2.52. The molecule has 2 rings (SSSR count). The summed E-state index contributed by atoms with van der Waals surface area (Å²) >= 11 is 3.08. The van der Waals surface area contributed by atoms with Crippen molar-refractivity contribution >= 4 is 27.7 Å². The van der Waals surface area contributed by atoms with Gasteiger partial charge in [-0.25, -0.2) is 4.39 Å². The van der Waals surface area contributed by atoms with Gasteiger partial charge in [-0.3, -0.25) is 9.59 Å². The van der Waals surface area contributed by atoms with Crippen molar-refractivity contribution < 1.29 is 18.7 Å². The average molecular weight is 315 g/mol. The molecule has 18 heavy (non-hydrogen) atoms. The summed E-state index contributed by atoms with van der Waals surface area (Å²) in [5.41, 5.74) is -0.308. The van der Waals surface area contributed by atoms with Crippen LogP contribution >= 0.6 is 15.9 Å². The maximum absolute atomic E-state index is 13.2. The number of benzene rings is 1. The zero-order valence-corrected chi connectivity index (χ0v) is 11.4. The number of hydrogen-bond donors (Lipinski definition) is 0. The van der Waals surface area contributed by atoms with Crippen LogP contribution in [0, 0.1) is 5.82 Å². The molecule has 1 aromatic rings. The Balaban J connectivity index is 2.38. The fourth-order valence-corrected chi connectivity index (χ4v) is 2.53. The highest BCUT2D eigenvalue weighted by atomic mass is 79.9. The highest BCUT2D eigenvalue weighted by Crippen LogP contribution is 2.43. The lowest BCUT2D eigenvalue weighted by Gasteiger charge is -2.38. The largest absolute Gasteiger partial charge is 0.465 e. The van der Waals surface area contributed by atoms with Crippen molar-refractivity contribution in [1.82, 2.24) is 0 Å². The number of hydrogen-bond acceptors (Lipinski definition) is 3. The standard InChI is InChI=1S/C13H12BrFO3/c1-2-18-12(17)13(6-9(16)7-13)8-3-4-11(15)10(14)5-8/h3-5H,2,6-7H2,1H3. The van der Waals surface area contributed by atoms with Crippen molar-refractivity contribution in [3.05, 3.63) is 34.1 Å². The maximum atomic E-state index is 13.2. The van der Waals surface area contributed by atoms with Gasteiger partial charge in [0.2, 0.25) is 0 Å². The van der Waals surface area contributed by atoms with Crippen LogP contribution in [-0.2, 0) is 19.7 Å². The molecule has 1 fully saturated rings. The molecule has 1 aromatic carbocycles. The van der Waals surface area contributed by atoms with E-state index in [1.807, 2.05) is 0 Å². The van der Waals surface area contributed by atoms with Gasteiger partial charge in [0.15, 0.2) is 0 Å². The molecular formula is C13H12BrFO3. The van der Waals surface area contributed by atoms with Gasteiger partial charge in [-0.05, 0) is 40.5 Å². The number of halogens is 2. The third kappa shape index (κ3) is 2.07. The molecule has 1 aliphatic rings. The lowest BCUT2D eigenvalue weighted by atomic mass is 9.63. The van der Waals surface area contributed by atoms with Gasteiger partial charge in [0.05, 0.1) is 11.1 Å². The Morgan fingerprint density at radius 2 is 2.17 bits per heavy atom. The smallest absolute Gasteiger partial charge is 0.317 e. The van der Waals surface area contributed by atoms with Crippen LogP contribution in [0.2, 0.25) is 0 Å². The number of esters is 1. The van der Waals surface area contributed by atoms with Crippen LogP contribution in [0.4, 0.5) is 4.39 Å². The predicted octanol–water partition coefficient (Wildman–Crippen LogP) is 2.75. The number of ketones is 1. The fraction of sp³-hybridized carbons (Fsp3) is 0.385. The van der Waals surface area contributed by atoms with E-state index in [0.29, 0.717) is 5.56 Å². The summed E-state index contributed by atoms with van der Waals surface area (Å²) in [6.45, 7) is 1.98. The highest BCUT2D eigenvalue weighted by molar-refractivity contribution is 9.10. The van der Waals surface area contributed by atoms with E-state index < -0.39 is 17.2 Å². The Kier molecular flexibility index (Phi) is 3.52. The maximum Gasteiger partial charge on any atom is 0.317 e. The number of carbonyl (C=O) groups excluding carboxylic acids is 2. The Morgan fingerprint density at radius 3 is 2.67 bits per heavy atom. The molecule has 0 spiro atoms. The summed E-state index contributed by atoms with van der Waals surface area (Å²) in [6.07, 6.45) is 0.258. The number of rotatable bonds is 3. The second kappa shape index (κ2) is 4.80. The zero-order chi connectivity index (χ0) is 13.3. The second-order valence-electron chi connectivity index (χ2n) is 4.32. The number of ether oxygens (including phenoxy) is 1. The van der Waals surface area contributed by atoms with Gasteiger partial charge in [-0.15, -0.1) is 0 Å². The molecule has 0 unspecified atom stereocenters. The van der Waals surface area contributed by atoms with E-state index in [0.717, 1.165) is 0 Å².